The van der Waals surface area contributed by atoms with Crippen molar-refractivity contribution in [1.82, 2.24) is 0 Å². The maximum atomic E-state index is 6.62. The second-order valence-corrected chi connectivity index (χ2v) is 10.5. The van der Waals surface area contributed by atoms with Crippen LogP contribution in [0.5, 0.6) is 23.0 Å². The fourth-order valence-electron chi connectivity index (χ4n) is 6.66. The van der Waals surface area contributed by atoms with Crippen molar-refractivity contribution in [2.45, 2.75) is 0 Å². The maximum Gasteiger partial charge on any atom is 0.260 e. The molecule has 9 rings (SSSR count). The Morgan fingerprint density at radius 3 is 2.00 bits per heavy atom. The number of para-hydroxylation sites is 1. The van der Waals surface area contributed by atoms with Gasteiger partial charge in [-0.25, -0.2) is 0 Å². The van der Waals surface area contributed by atoms with Gasteiger partial charge in [-0.05, 0) is 84.7 Å². The lowest BCUT2D eigenvalue weighted by Gasteiger charge is -2.33. The lowest BCUT2D eigenvalue weighted by Crippen LogP contribution is -2.57. The van der Waals surface area contributed by atoms with Crippen molar-refractivity contribution >= 4 is 55.4 Å². The minimum atomic E-state index is 0.0761. The Morgan fingerprint density at radius 2 is 1.10 bits per heavy atom. The van der Waals surface area contributed by atoms with Crippen LogP contribution < -0.4 is 25.9 Å². The normalized spacial score (nSPS) is 13.0. The molecule has 0 bridgehead atoms. The van der Waals surface area contributed by atoms with Crippen LogP contribution in [0.15, 0.2) is 127 Å². The van der Waals surface area contributed by atoms with Crippen LogP contribution in [-0.2, 0) is 0 Å². The van der Waals surface area contributed by atoms with E-state index in [-0.39, 0.29) is 6.71 Å². The number of hydrogen-bond acceptors (Lipinski definition) is 2. The summed E-state index contributed by atoms with van der Waals surface area (Å²) in [6.45, 7) is 0.0761. The minimum Gasteiger partial charge on any atom is -0.458 e. The maximum absolute atomic E-state index is 6.62. The topological polar surface area (TPSA) is 18.5 Å². The van der Waals surface area contributed by atoms with E-state index in [2.05, 4.69) is 109 Å². The van der Waals surface area contributed by atoms with Gasteiger partial charge in [0.15, 0.2) is 0 Å². The highest BCUT2D eigenvalue weighted by atomic mass is 16.5. The predicted molar refractivity (Wildman–Crippen MR) is 162 cm³/mol. The van der Waals surface area contributed by atoms with E-state index in [1.165, 1.54) is 48.8 Å². The van der Waals surface area contributed by atoms with Gasteiger partial charge in [0.25, 0.3) is 6.71 Å². The lowest BCUT2D eigenvalue weighted by molar-refractivity contribution is 0.464. The Morgan fingerprint density at radius 1 is 0.410 bits per heavy atom. The van der Waals surface area contributed by atoms with Crippen molar-refractivity contribution in [3.05, 3.63) is 127 Å². The lowest BCUT2D eigenvalue weighted by atomic mass is 9.35. The molecule has 0 unspecified atom stereocenters. The van der Waals surface area contributed by atoms with E-state index in [1.807, 2.05) is 18.2 Å². The van der Waals surface area contributed by atoms with Crippen molar-refractivity contribution in [2.24, 2.45) is 0 Å². The van der Waals surface area contributed by atoms with Crippen LogP contribution in [-0.4, -0.2) is 6.71 Å². The molecule has 0 aromatic heterocycles. The summed E-state index contributed by atoms with van der Waals surface area (Å²) in [5.41, 5.74) is 5.86. The first-order valence-electron chi connectivity index (χ1n) is 13.4. The molecule has 0 fully saturated rings. The van der Waals surface area contributed by atoms with Gasteiger partial charge in [0.05, 0.1) is 0 Å². The standard InChI is InChI=1S/C36H21BO2/c1-3-10-25-22(8-1)16-18-27-28(25)20-23-9-2-4-11-26(23)35(27)24-17-19-30-34(21-24)39-33-15-7-14-32-36(33)37(30)29-12-5-6-13-31(29)38-32/h1-21H. The summed E-state index contributed by atoms with van der Waals surface area (Å²) in [5, 5.41) is 7.54. The molecule has 0 spiro atoms. The molecule has 7 aromatic rings. The van der Waals surface area contributed by atoms with Gasteiger partial charge in [0.2, 0.25) is 0 Å². The van der Waals surface area contributed by atoms with Crippen LogP contribution in [0.3, 0.4) is 0 Å². The predicted octanol–water partition coefficient (Wildman–Crippen LogP) is 7.54. The smallest absolute Gasteiger partial charge is 0.260 e. The van der Waals surface area contributed by atoms with E-state index < -0.39 is 0 Å². The molecule has 2 aliphatic rings. The second kappa shape index (κ2) is 7.75. The van der Waals surface area contributed by atoms with Gasteiger partial charge in [-0.15, -0.1) is 0 Å². The van der Waals surface area contributed by atoms with Crippen LogP contribution in [0.1, 0.15) is 0 Å². The first kappa shape index (κ1) is 21.0. The number of ether oxygens (including phenoxy) is 2. The van der Waals surface area contributed by atoms with Gasteiger partial charge < -0.3 is 9.47 Å². The number of fused-ring (bicyclic) bond motifs is 8. The summed E-state index contributed by atoms with van der Waals surface area (Å²) in [5.74, 6) is 3.56. The summed E-state index contributed by atoms with van der Waals surface area (Å²) in [6.07, 6.45) is 0. The summed E-state index contributed by atoms with van der Waals surface area (Å²) in [6, 6.07) is 45.4. The van der Waals surface area contributed by atoms with Gasteiger partial charge in [-0.2, -0.15) is 0 Å². The molecule has 180 valence electrons. The van der Waals surface area contributed by atoms with E-state index in [0.717, 1.165) is 34.0 Å². The van der Waals surface area contributed by atoms with Crippen molar-refractivity contribution < 1.29 is 9.47 Å². The Kier molecular flexibility index (Phi) is 4.17. The molecule has 0 saturated carbocycles. The second-order valence-electron chi connectivity index (χ2n) is 10.5. The molecular formula is C36H21BO2. The molecular weight excluding hydrogens is 475 g/mol. The zero-order valence-corrected chi connectivity index (χ0v) is 21.0. The first-order valence-corrected chi connectivity index (χ1v) is 13.4. The number of hydrogen-bond donors (Lipinski definition) is 0. The van der Waals surface area contributed by atoms with Crippen molar-refractivity contribution in [1.29, 1.82) is 0 Å². The third-order valence-corrected chi connectivity index (χ3v) is 8.37. The zero-order valence-electron chi connectivity index (χ0n) is 21.0. The molecule has 2 heterocycles. The Labute approximate surface area is 226 Å². The highest BCUT2D eigenvalue weighted by Crippen LogP contribution is 2.41. The van der Waals surface area contributed by atoms with Crippen molar-refractivity contribution in [3.8, 4) is 34.1 Å². The Balaban J connectivity index is 1.32. The van der Waals surface area contributed by atoms with Gasteiger partial charge in [0.1, 0.15) is 23.0 Å². The fourth-order valence-corrected chi connectivity index (χ4v) is 6.66. The third kappa shape index (κ3) is 2.93. The van der Waals surface area contributed by atoms with Crippen LogP contribution in [0, 0.1) is 0 Å². The summed E-state index contributed by atoms with van der Waals surface area (Å²) in [7, 11) is 0. The first-order chi connectivity index (χ1) is 19.3. The molecule has 2 nitrogen and oxygen atoms in total. The van der Waals surface area contributed by atoms with E-state index in [0.29, 0.717) is 0 Å². The third-order valence-electron chi connectivity index (χ3n) is 8.37. The Hall–Kier alpha value is -5.02. The van der Waals surface area contributed by atoms with Gasteiger partial charge in [-0.3, -0.25) is 0 Å². The minimum absolute atomic E-state index is 0.0761. The van der Waals surface area contributed by atoms with Crippen LogP contribution in [0.25, 0.3) is 43.4 Å². The molecule has 0 atom stereocenters. The van der Waals surface area contributed by atoms with Crippen molar-refractivity contribution in [3.63, 3.8) is 0 Å². The molecule has 3 heteroatoms. The molecule has 2 aliphatic heterocycles. The van der Waals surface area contributed by atoms with Gasteiger partial charge in [0, 0.05) is 5.46 Å². The van der Waals surface area contributed by atoms with Crippen molar-refractivity contribution in [2.75, 3.05) is 0 Å². The molecule has 0 radical (unpaired) electrons. The average molecular weight is 496 g/mol. The highest BCUT2D eigenvalue weighted by Gasteiger charge is 2.39. The highest BCUT2D eigenvalue weighted by molar-refractivity contribution is 6.98. The largest absolute Gasteiger partial charge is 0.458 e. The summed E-state index contributed by atoms with van der Waals surface area (Å²) < 4.78 is 12.9. The molecule has 7 aromatic carbocycles. The van der Waals surface area contributed by atoms with E-state index in [9.17, 15) is 0 Å². The van der Waals surface area contributed by atoms with Gasteiger partial charge >= 0.3 is 0 Å². The number of benzene rings is 7. The van der Waals surface area contributed by atoms with E-state index in [1.54, 1.807) is 0 Å². The molecule has 39 heavy (non-hydrogen) atoms. The quantitative estimate of drug-likeness (QED) is 0.133. The van der Waals surface area contributed by atoms with Crippen LogP contribution >= 0.6 is 0 Å². The molecule has 0 N–H and O–H groups in total. The zero-order chi connectivity index (χ0) is 25.5. The van der Waals surface area contributed by atoms with E-state index in [4.69, 9.17) is 9.47 Å². The van der Waals surface area contributed by atoms with Crippen LogP contribution in [0.2, 0.25) is 0 Å². The van der Waals surface area contributed by atoms with Crippen LogP contribution in [0.4, 0.5) is 0 Å². The fraction of sp³-hybridized carbons (Fsp3) is 0. The SMILES string of the molecule is c1ccc2c(c1)Oc1cccc3c1B2c1ccc(-c2c4ccccc4cc4c2ccc2ccccc24)cc1O3. The Bertz CT molecular complexity index is 2150. The monoisotopic (exact) mass is 496 g/mol. The molecule has 0 aliphatic carbocycles. The summed E-state index contributed by atoms with van der Waals surface area (Å²) in [4.78, 5) is 0. The average Bonchev–Trinajstić information content (AvgIpc) is 2.99. The summed E-state index contributed by atoms with van der Waals surface area (Å²) >= 11 is 0. The number of rotatable bonds is 1. The molecule has 0 amide bonds. The van der Waals surface area contributed by atoms with E-state index >= 15 is 0 Å². The van der Waals surface area contributed by atoms with Gasteiger partial charge in [-0.1, -0.05) is 97.1 Å². The molecule has 0 saturated heterocycles.